The van der Waals surface area contributed by atoms with Crippen LogP contribution >= 0.6 is 0 Å². The molecule has 0 saturated carbocycles. The Labute approximate surface area is 282 Å². The van der Waals surface area contributed by atoms with Crippen LogP contribution in [-0.2, 0) is 0 Å². The summed E-state index contributed by atoms with van der Waals surface area (Å²) in [6.07, 6.45) is 0. The van der Waals surface area contributed by atoms with E-state index in [1.807, 2.05) is 18.2 Å². The highest BCUT2D eigenvalue weighted by molar-refractivity contribution is 6.24. The predicted octanol–water partition coefficient (Wildman–Crippen LogP) is 11.9. The molecule has 0 bridgehead atoms. The first kappa shape index (κ1) is 27.5. The van der Waals surface area contributed by atoms with Gasteiger partial charge in [-0.1, -0.05) is 146 Å². The molecule has 0 atom stereocenters. The quantitative estimate of drug-likeness (QED) is 0.183. The topological polar surface area (TPSA) is 51.8 Å². The van der Waals surface area contributed by atoms with Gasteiger partial charge in [-0.05, 0) is 56.3 Å². The lowest BCUT2D eigenvalue weighted by Crippen LogP contribution is -2.00. The number of hydrogen-bond donors (Lipinski definition) is 0. The molecule has 0 N–H and O–H groups in total. The first-order valence-electron chi connectivity index (χ1n) is 16.4. The lowest BCUT2D eigenvalue weighted by molar-refractivity contribution is 0.673. The van der Waals surface area contributed by atoms with E-state index in [0.717, 1.165) is 60.4 Å². The van der Waals surface area contributed by atoms with Crippen molar-refractivity contribution >= 4 is 54.3 Å². The van der Waals surface area contributed by atoms with E-state index in [2.05, 4.69) is 146 Å². The van der Waals surface area contributed by atoms with E-state index >= 15 is 0 Å². The highest BCUT2D eigenvalue weighted by atomic mass is 16.3. The molecule has 0 aliphatic rings. The zero-order valence-electron chi connectivity index (χ0n) is 26.3. The average molecular weight is 626 g/mol. The summed E-state index contributed by atoms with van der Waals surface area (Å²) >= 11 is 0. The first-order chi connectivity index (χ1) is 24.3. The molecule has 0 unspecified atom stereocenters. The second kappa shape index (κ2) is 11.0. The first-order valence-corrected chi connectivity index (χ1v) is 16.4. The molecular formula is C45H27N3O. The Kier molecular flexibility index (Phi) is 6.15. The van der Waals surface area contributed by atoms with E-state index in [1.54, 1.807) is 0 Å². The van der Waals surface area contributed by atoms with Crippen LogP contribution in [0.15, 0.2) is 168 Å². The van der Waals surface area contributed by atoms with Gasteiger partial charge in [0.2, 0.25) is 0 Å². The lowest BCUT2D eigenvalue weighted by atomic mass is 9.98. The second-order valence-electron chi connectivity index (χ2n) is 12.4. The van der Waals surface area contributed by atoms with Gasteiger partial charge in [0.05, 0.1) is 0 Å². The predicted molar refractivity (Wildman–Crippen MR) is 201 cm³/mol. The van der Waals surface area contributed by atoms with Crippen LogP contribution in [0, 0.1) is 0 Å². The Balaban J connectivity index is 1.21. The second-order valence-corrected chi connectivity index (χ2v) is 12.4. The Morgan fingerprint density at radius 2 is 0.959 bits per heavy atom. The molecule has 0 amide bonds. The minimum Gasteiger partial charge on any atom is -0.455 e. The molecule has 0 radical (unpaired) electrons. The summed E-state index contributed by atoms with van der Waals surface area (Å²) in [6.45, 7) is 0. The summed E-state index contributed by atoms with van der Waals surface area (Å²) in [5, 5.41) is 8.96. The summed E-state index contributed by atoms with van der Waals surface area (Å²) in [6, 6.07) is 56.9. The molecule has 2 aromatic heterocycles. The number of furan rings is 1. The van der Waals surface area contributed by atoms with Crippen LogP contribution in [0.1, 0.15) is 0 Å². The maximum absolute atomic E-state index is 6.70. The van der Waals surface area contributed by atoms with Crippen LogP contribution < -0.4 is 0 Å². The third kappa shape index (κ3) is 4.57. The lowest BCUT2D eigenvalue weighted by Gasteiger charge is -2.10. The standard InChI is InChI=1S/C45H27N3O/c1-2-9-28(10-3-1)30-17-22-33(23-18-30)43-46-44(35-24-19-29-11-4-5-13-34(29)27-35)48-45(47-43)38-15-8-16-39-41(38)37-26-25-32-21-20-31-12-6-7-14-36(31)40(32)42(37)49-39/h1-27H. The molecular weight excluding hydrogens is 599 g/mol. The van der Waals surface area contributed by atoms with E-state index in [0.29, 0.717) is 17.5 Å². The number of rotatable bonds is 4. The molecule has 228 valence electrons. The van der Waals surface area contributed by atoms with Crippen molar-refractivity contribution in [1.82, 2.24) is 15.0 Å². The van der Waals surface area contributed by atoms with Gasteiger partial charge in [0.15, 0.2) is 17.5 Å². The molecule has 10 aromatic rings. The molecule has 10 rings (SSSR count). The molecule has 0 spiro atoms. The summed E-state index contributed by atoms with van der Waals surface area (Å²) < 4.78 is 6.70. The number of benzene rings is 8. The van der Waals surface area contributed by atoms with Crippen molar-refractivity contribution in [3.05, 3.63) is 164 Å². The number of fused-ring (bicyclic) bond motifs is 8. The van der Waals surface area contributed by atoms with Gasteiger partial charge < -0.3 is 4.42 Å². The largest absolute Gasteiger partial charge is 0.455 e. The van der Waals surface area contributed by atoms with Gasteiger partial charge in [-0.25, -0.2) is 15.0 Å². The summed E-state index contributed by atoms with van der Waals surface area (Å²) in [4.78, 5) is 15.4. The normalized spacial score (nSPS) is 11.7. The van der Waals surface area contributed by atoms with Crippen LogP contribution in [0.5, 0.6) is 0 Å². The van der Waals surface area contributed by atoms with Crippen LogP contribution in [0.4, 0.5) is 0 Å². The monoisotopic (exact) mass is 625 g/mol. The van der Waals surface area contributed by atoms with Crippen molar-refractivity contribution in [3.8, 4) is 45.3 Å². The van der Waals surface area contributed by atoms with Gasteiger partial charge in [-0.3, -0.25) is 0 Å². The summed E-state index contributed by atoms with van der Waals surface area (Å²) in [7, 11) is 0. The Morgan fingerprint density at radius 3 is 1.82 bits per heavy atom. The third-order valence-electron chi connectivity index (χ3n) is 9.50. The smallest absolute Gasteiger partial charge is 0.164 e. The molecule has 8 aromatic carbocycles. The highest BCUT2D eigenvalue weighted by Crippen LogP contribution is 2.41. The maximum atomic E-state index is 6.70. The SMILES string of the molecule is c1ccc(-c2ccc(-c3nc(-c4ccc5ccccc5c4)nc(-c4cccc5oc6c(ccc7ccc8ccccc8c76)c45)n3)cc2)cc1. The Morgan fingerprint density at radius 1 is 0.347 bits per heavy atom. The average Bonchev–Trinajstić information content (AvgIpc) is 3.57. The molecule has 0 saturated heterocycles. The molecule has 0 aliphatic heterocycles. The van der Waals surface area contributed by atoms with Crippen molar-refractivity contribution in [3.63, 3.8) is 0 Å². The van der Waals surface area contributed by atoms with Gasteiger partial charge in [0, 0.05) is 32.8 Å². The highest BCUT2D eigenvalue weighted by Gasteiger charge is 2.20. The van der Waals surface area contributed by atoms with Crippen molar-refractivity contribution < 1.29 is 4.42 Å². The molecule has 2 heterocycles. The fourth-order valence-electron chi connectivity index (χ4n) is 7.08. The van der Waals surface area contributed by atoms with E-state index in [1.165, 1.54) is 21.7 Å². The fourth-order valence-corrected chi connectivity index (χ4v) is 7.08. The third-order valence-corrected chi connectivity index (χ3v) is 9.50. The van der Waals surface area contributed by atoms with Gasteiger partial charge in [0.1, 0.15) is 11.2 Å². The van der Waals surface area contributed by atoms with E-state index in [9.17, 15) is 0 Å². The van der Waals surface area contributed by atoms with E-state index in [-0.39, 0.29) is 0 Å². The van der Waals surface area contributed by atoms with Crippen LogP contribution in [0.2, 0.25) is 0 Å². The maximum Gasteiger partial charge on any atom is 0.164 e. The van der Waals surface area contributed by atoms with Gasteiger partial charge >= 0.3 is 0 Å². The van der Waals surface area contributed by atoms with E-state index in [4.69, 9.17) is 19.4 Å². The molecule has 0 aliphatic carbocycles. The van der Waals surface area contributed by atoms with Crippen molar-refractivity contribution in [2.45, 2.75) is 0 Å². The van der Waals surface area contributed by atoms with Crippen molar-refractivity contribution in [2.75, 3.05) is 0 Å². The number of aromatic nitrogens is 3. The van der Waals surface area contributed by atoms with Gasteiger partial charge in [0.25, 0.3) is 0 Å². The van der Waals surface area contributed by atoms with Gasteiger partial charge in [-0.2, -0.15) is 0 Å². The van der Waals surface area contributed by atoms with Crippen LogP contribution in [-0.4, -0.2) is 15.0 Å². The van der Waals surface area contributed by atoms with Crippen LogP contribution in [0.25, 0.3) is 99.5 Å². The molecule has 4 heteroatoms. The zero-order chi connectivity index (χ0) is 32.3. The van der Waals surface area contributed by atoms with Gasteiger partial charge in [-0.15, -0.1) is 0 Å². The molecule has 0 fully saturated rings. The van der Waals surface area contributed by atoms with Crippen molar-refractivity contribution in [1.29, 1.82) is 0 Å². The number of nitrogens with zero attached hydrogens (tertiary/aromatic N) is 3. The molecule has 49 heavy (non-hydrogen) atoms. The van der Waals surface area contributed by atoms with E-state index < -0.39 is 0 Å². The zero-order valence-corrected chi connectivity index (χ0v) is 26.3. The number of hydrogen-bond acceptors (Lipinski definition) is 4. The van der Waals surface area contributed by atoms with Crippen molar-refractivity contribution in [2.24, 2.45) is 0 Å². The van der Waals surface area contributed by atoms with Crippen LogP contribution in [0.3, 0.4) is 0 Å². The Bertz CT molecular complexity index is 2870. The fraction of sp³-hybridized carbons (Fsp3) is 0. The summed E-state index contributed by atoms with van der Waals surface area (Å²) in [5.41, 5.74) is 6.75. The summed E-state index contributed by atoms with van der Waals surface area (Å²) in [5.74, 6) is 1.85. The minimum absolute atomic E-state index is 0.603. The minimum atomic E-state index is 0.603. The Hall–Kier alpha value is -6.65. The molecule has 4 nitrogen and oxygen atoms in total.